The molecule has 1 saturated heterocycles. The normalized spacial score (nSPS) is 21.6. The zero-order valence-corrected chi connectivity index (χ0v) is 15.2. The number of fused-ring (bicyclic) bond motifs is 2. The fraction of sp³-hybridized carbons (Fsp3) is 0.500. The summed E-state index contributed by atoms with van der Waals surface area (Å²) in [6.45, 7) is 5.35. The van der Waals surface area contributed by atoms with Crippen LogP contribution in [0.3, 0.4) is 0 Å². The average Bonchev–Trinajstić information content (AvgIpc) is 3.39. The standard InChI is InChI=1S/C22H27NO2/c1-15(2)9-5-3-4-6-14-23-21(24)18-13-8-11-16-10-7-12-17(19(16)18)20-22(23)25-20/h7-8,10-13,15,20,22H,3-6,9,14H2,1-2H3. The number of ether oxygens (including phenoxy) is 1. The van der Waals surface area contributed by atoms with Gasteiger partial charge in [-0.2, -0.15) is 0 Å². The van der Waals surface area contributed by atoms with Crippen molar-refractivity contribution in [3.63, 3.8) is 0 Å². The van der Waals surface area contributed by atoms with Gasteiger partial charge in [0.25, 0.3) is 5.91 Å². The fourth-order valence-electron chi connectivity index (χ4n) is 4.04. The Morgan fingerprint density at radius 1 is 1.04 bits per heavy atom. The molecule has 0 bridgehead atoms. The van der Waals surface area contributed by atoms with Crippen LogP contribution in [0.2, 0.25) is 0 Å². The maximum atomic E-state index is 13.1. The van der Waals surface area contributed by atoms with Crippen molar-refractivity contribution in [2.45, 2.75) is 58.3 Å². The molecule has 0 radical (unpaired) electrons. The van der Waals surface area contributed by atoms with Crippen molar-refractivity contribution in [1.29, 1.82) is 0 Å². The fourth-order valence-corrected chi connectivity index (χ4v) is 4.04. The third-order valence-corrected chi connectivity index (χ3v) is 5.44. The molecule has 0 aliphatic carbocycles. The van der Waals surface area contributed by atoms with Crippen LogP contribution < -0.4 is 0 Å². The molecule has 2 heterocycles. The zero-order chi connectivity index (χ0) is 17.4. The Morgan fingerprint density at radius 2 is 1.80 bits per heavy atom. The number of epoxide rings is 1. The van der Waals surface area contributed by atoms with Gasteiger partial charge in [0.2, 0.25) is 0 Å². The molecular weight excluding hydrogens is 310 g/mol. The van der Waals surface area contributed by atoms with Crippen LogP contribution in [0.1, 0.15) is 68.0 Å². The van der Waals surface area contributed by atoms with Crippen molar-refractivity contribution < 1.29 is 9.53 Å². The number of hydrogen-bond acceptors (Lipinski definition) is 2. The number of nitrogens with zero attached hydrogens (tertiary/aromatic N) is 1. The highest BCUT2D eigenvalue weighted by atomic mass is 16.6. The van der Waals surface area contributed by atoms with Gasteiger partial charge in [0.1, 0.15) is 6.10 Å². The summed E-state index contributed by atoms with van der Waals surface area (Å²) in [6, 6.07) is 12.3. The first-order valence-electron chi connectivity index (χ1n) is 9.65. The predicted molar refractivity (Wildman–Crippen MR) is 101 cm³/mol. The molecule has 2 aromatic carbocycles. The van der Waals surface area contributed by atoms with E-state index in [0.29, 0.717) is 0 Å². The van der Waals surface area contributed by atoms with Crippen molar-refractivity contribution in [1.82, 2.24) is 4.90 Å². The Balaban J connectivity index is 1.47. The molecule has 25 heavy (non-hydrogen) atoms. The summed E-state index contributed by atoms with van der Waals surface area (Å²) in [6.07, 6.45) is 6.07. The van der Waals surface area contributed by atoms with E-state index in [1.165, 1.54) is 31.2 Å². The SMILES string of the molecule is CC(C)CCCCCCN1C(=O)c2cccc3cccc(c23)C2OC21. The molecule has 0 aromatic heterocycles. The maximum absolute atomic E-state index is 13.1. The van der Waals surface area contributed by atoms with E-state index < -0.39 is 0 Å². The molecule has 2 aliphatic heterocycles. The lowest BCUT2D eigenvalue weighted by atomic mass is 9.98. The van der Waals surface area contributed by atoms with Crippen molar-refractivity contribution in [3.05, 3.63) is 47.5 Å². The predicted octanol–water partition coefficient (Wildman–Crippen LogP) is 5.30. The molecule has 3 heteroatoms. The van der Waals surface area contributed by atoms with Gasteiger partial charge in [-0.25, -0.2) is 0 Å². The van der Waals surface area contributed by atoms with Gasteiger partial charge >= 0.3 is 0 Å². The Kier molecular flexibility index (Phi) is 4.51. The van der Waals surface area contributed by atoms with Gasteiger partial charge < -0.3 is 9.64 Å². The molecule has 0 spiro atoms. The molecule has 0 saturated carbocycles. The molecule has 4 rings (SSSR count). The van der Waals surface area contributed by atoms with Gasteiger partial charge in [0, 0.05) is 17.5 Å². The van der Waals surface area contributed by atoms with Gasteiger partial charge in [-0.1, -0.05) is 69.9 Å². The largest absolute Gasteiger partial charge is 0.342 e. The van der Waals surface area contributed by atoms with E-state index >= 15 is 0 Å². The molecule has 1 amide bonds. The summed E-state index contributed by atoms with van der Waals surface area (Å²) in [5.41, 5.74) is 2.01. The number of carbonyl (C=O) groups excluding carboxylic acids is 1. The van der Waals surface area contributed by atoms with E-state index in [-0.39, 0.29) is 18.2 Å². The second kappa shape index (κ2) is 6.80. The molecule has 2 atom stereocenters. The Labute approximate surface area is 150 Å². The maximum Gasteiger partial charge on any atom is 0.256 e. The summed E-state index contributed by atoms with van der Waals surface area (Å²) in [5, 5.41) is 2.22. The van der Waals surface area contributed by atoms with E-state index in [0.717, 1.165) is 35.2 Å². The van der Waals surface area contributed by atoms with Crippen LogP contribution in [-0.2, 0) is 4.74 Å². The number of carbonyl (C=O) groups is 1. The highest BCUT2D eigenvalue weighted by Crippen LogP contribution is 2.47. The minimum atomic E-state index is -0.0684. The first kappa shape index (κ1) is 16.6. The summed E-state index contributed by atoms with van der Waals surface area (Å²) in [5.74, 6) is 0.914. The van der Waals surface area contributed by atoms with Crippen LogP contribution in [0.4, 0.5) is 0 Å². The van der Waals surface area contributed by atoms with Crippen LogP contribution >= 0.6 is 0 Å². The first-order valence-corrected chi connectivity index (χ1v) is 9.65. The first-order chi connectivity index (χ1) is 12.2. The smallest absolute Gasteiger partial charge is 0.256 e. The zero-order valence-electron chi connectivity index (χ0n) is 15.2. The van der Waals surface area contributed by atoms with E-state index in [9.17, 15) is 4.79 Å². The van der Waals surface area contributed by atoms with Gasteiger partial charge in [-0.15, -0.1) is 0 Å². The second-order valence-corrected chi connectivity index (χ2v) is 7.79. The molecule has 3 nitrogen and oxygen atoms in total. The average molecular weight is 337 g/mol. The topological polar surface area (TPSA) is 32.8 Å². The highest BCUT2D eigenvalue weighted by molar-refractivity contribution is 6.09. The number of benzene rings is 2. The number of hydrogen-bond donors (Lipinski definition) is 0. The van der Waals surface area contributed by atoms with Crippen molar-refractivity contribution in [2.24, 2.45) is 5.92 Å². The molecular formula is C22H27NO2. The van der Waals surface area contributed by atoms with Gasteiger partial charge in [-0.3, -0.25) is 4.79 Å². The van der Waals surface area contributed by atoms with Crippen LogP contribution in [0.15, 0.2) is 36.4 Å². The molecule has 2 unspecified atom stereocenters. The summed E-state index contributed by atoms with van der Waals surface area (Å²) >= 11 is 0. The van der Waals surface area contributed by atoms with E-state index in [4.69, 9.17) is 4.74 Å². The minimum absolute atomic E-state index is 0.0530. The summed E-state index contributed by atoms with van der Waals surface area (Å²) < 4.78 is 5.90. The summed E-state index contributed by atoms with van der Waals surface area (Å²) in [7, 11) is 0. The molecule has 1 fully saturated rings. The molecule has 2 aromatic rings. The molecule has 2 aliphatic rings. The third kappa shape index (κ3) is 3.18. The van der Waals surface area contributed by atoms with E-state index in [1.807, 2.05) is 17.0 Å². The quantitative estimate of drug-likeness (QED) is 0.507. The molecule has 132 valence electrons. The van der Waals surface area contributed by atoms with Gasteiger partial charge in [0.05, 0.1) is 0 Å². The lowest BCUT2D eigenvalue weighted by Crippen LogP contribution is -2.34. The van der Waals surface area contributed by atoms with E-state index in [1.54, 1.807) is 0 Å². The number of amides is 1. The highest BCUT2D eigenvalue weighted by Gasteiger charge is 2.49. The minimum Gasteiger partial charge on any atom is -0.342 e. The summed E-state index contributed by atoms with van der Waals surface area (Å²) in [4.78, 5) is 15.1. The van der Waals surface area contributed by atoms with Crippen molar-refractivity contribution in [3.8, 4) is 0 Å². The Hall–Kier alpha value is -1.87. The van der Waals surface area contributed by atoms with Gasteiger partial charge in [0.15, 0.2) is 6.23 Å². The number of unbranched alkanes of at least 4 members (excludes halogenated alkanes) is 3. The van der Waals surface area contributed by atoms with Crippen LogP contribution in [0, 0.1) is 5.92 Å². The lowest BCUT2D eigenvalue weighted by Gasteiger charge is -2.20. The van der Waals surface area contributed by atoms with Crippen LogP contribution in [0.25, 0.3) is 10.8 Å². The second-order valence-electron chi connectivity index (χ2n) is 7.79. The third-order valence-electron chi connectivity index (χ3n) is 5.44. The van der Waals surface area contributed by atoms with Crippen LogP contribution in [-0.4, -0.2) is 23.6 Å². The Bertz CT molecular complexity index is 777. The van der Waals surface area contributed by atoms with Crippen molar-refractivity contribution in [2.75, 3.05) is 6.54 Å². The Morgan fingerprint density at radius 3 is 2.60 bits per heavy atom. The van der Waals surface area contributed by atoms with Gasteiger partial charge in [-0.05, 0) is 29.4 Å². The molecule has 0 N–H and O–H groups in total. The van der Waals surface area contributed by atoms with Crippen LogP contribution in [0.5, 0.6) is 0 Å². The number of rotatable bonds is 7. The lowest BCUT2D eigenvalue weighted by molar-refractivity contribution is 0.0667. The monoisotopic (exact) mass is 337 g/mol. The van der Waals surface area contributed by atoms with E-state index in [2.05, 4.69) is 38.1 Å². The van der Waals surface area contributed by atoms with Crippen molar-refractivity contribution >= 4 is 16.7 Å².